The molecule has 1 N–H and O–H groups in total. The maximum Gasteiger partial charge on any atom is 0.345 e. The normalized spacial score (nSPS) is 10.5. The molecule has 20 heavy (non-hydrogen) atoms. The van der Waals surface area contributed by atoms with E-state index in [1.807, 2.05) is 0 Å². The van der Waals surface area contributed by atoms with E-state index in [9.17, 15) is 19.3 Å². The first kappa shape index (κ1) is 14.9. The number of hydrogen-bond donors (Lipinski definition) is 1. The summed E-state index contributed by atoms with van der Waals surface area (Å²) in [5, 5.41) is 21.3. The summed E-state index contributed by atoms with van der Waals surface area (Å²) in [7, 11) is 0. The van der Waals surface area contributed by atoms with Crippen molar-refractivity contribution in [2.45, 2.75) is 9.79 Å². The van der Waals surface area contributed by atoms with Crippen molar-refractivity contribution in [2.24, 2.45) is 0 Å². The van der Waals surface area contributed by atoms with Crippen LogP contribution >= 0.6 is 39.0 Å². The number of nitro groups is 1. The average Bonchev–Trinajstić information content (AvgIpc) is 2.82. The Bertz CT molecular complexity index is 704. The number of hydrogen-bond acceptors (Lipinski definition) is 5. The van der Waals surface area contributed by atoms with Gasteiger partial charge in [0.15, 0.2) is 0 Å². The third-order valence-corrected chi connectivity index (χ3v) is 4.91. The summed E-state index contributed by atoms with van der Waals surface area (Å²) in [6, 6.07) is 3.55. The summed E-state index contributed by atoms with van der Waals surface area (Å²) in [6.07, 6.45) is 0. The maximum atomic E-state index is 13.3. The summed E-state index contributed by atoms with van der Waals surface area (Å²) in [5.74, 6) is -1.78. The van der Waals surface area contributed by atoms with E-state index >= 15 is 0 Å². The molecule has 0 amide bonds. The molecular weight excluding hydrogens is 373 g/mol. The topological polar surface area (TPSA) is 80.4 Å². The summed E-state index contributed by atoms with van der Waals surface area (Å²) >= 11 is 5.00. The number of rotatable bonds is 4. The molecule has 1 aromatic heterocycles. The van der Waals surface area contributed by atoms with Crippen LogP contribution in [0.3, 0.4) is 0 Å². The minimum absolute atomic E-state index is 0.110. The number of halogens is 2. The molecule has 0 bridgehead atoms. The first-order valence-corrected chi connectivity index (χ1v) is 7.50. The fraction of sp³-hybridized carbons (Fsp3) is 0. The Morgan fingerprint density at radius 3 is 2.70 bits per heavy atom. The largest absolute Gasteiger partial charge is 0.477 e. The van der Waals surface area contributed by atoms with Gasteiger partial charge in [0.05, 0.1) is 20.4 Å². The van der Waals surface area contributed by atoms with E-state index in [0.29, 0.717) is 4.90 Å². The number of carboxylic acids is 1. The van der Waals surface area contributed by atoms with Crippen molar-refractivity contribution in [2.75, 3.05) is 0 Å². The smallest absolute Gasteiger partial charge is 0.345 e. The molecule has 0 atom stereocenters. The van der Waals surface area contributed by atoms with Crippen LogP contribution in [-0.4, -0.2) is 16.0 Å². The highest BCUT2D eigenvalue weighted by molar-refractivity contribution is 9.10. The zero-order chi connectivity index (χ0) is 14.9. The quantitative estimate of drug-likeness (QED) is 0.630. The standard InChI is InChI=1S/C11H5BrFNO4S2/c12-6-2-9(8(14(17)18)3-7(6)13)20-5-1-10(11(15)16)19-4-5/h1-4H,(H,15,16). The molecule has 0 unspecified atom stereocenters. The number of thiophene rings is 1. The molecule has 9 heteroatoms. The van der Waals surface area contributed by atoms with E-state index in [4.69, 9.17) is 5.11 Å². The summed E-state index contributed by atoms with van der Waals surface area (Å²) in [6.45, 7) is 0. The molecule has 0 saturated heterocycles. The Morgan fingerprint density at radius 1 is 1.45 bits per heavy atom. The summed E-state index contributed by atoms with van der Waals surface area (Å²) in [4.78, 5) is 21.9. The van der Waals surface area contributed by atoms with Gasteiger partial charge < -0.3 is 5.11 Å². The van der Waals surface area contributed by atoms with Crippen molar-refractivity contribution in [3.05, 3.63) is 48.9 Å². The molecule has 5 nitrogen and oxygen atoms in total. The van der Waals surface area contributed by atoms with Gasteiger partial charge in [-0.1, -0.05) is 11.8 Å². The zero-order valence-corrected chi connectivity index (χ0v) is 12.7. The monoisotopic (exact) mass is 377 g/mol. The van der Waals surface area contributed by atoms with E-state index in [0.717, 1.165) is 29.2 Å². The van der Waals surface area contributed by atoms with Crippen molar-refractivity contribution in [1.82, 2.24) is 0 Å². The maximum absolute atomic E-state index is 13.3. The highest BCUT2D eigenvalue weighted by atomic mass is 79.9. The highest BCUT2D eigenvalue weighted by Crippen LogP contribution is 2.39. The van der Waals surface area contributed by atoms with Crippen LogP contribution in [0.1, 0.15) is 9.67 Å². The van der Waals surface area contributed by atoms with Crippen molar-refractivity contribution < 1.29 is 19.2 Å². The molecule has 0 saturated carbocycles. The minimum Gasteiger partial charge on any atom is -0.477 e. The van der Waals surface area contributed by atoms with E-state index in [2.05, 4.69) is 15.9 Å². The zero-order valence-electron chi connectivity index (χ0n) is 9.50. The first-order chi connectivity index (χ1) is 9.38. The second-order valence-electron chi connectivity index (χ2n) is 3.55. The third kappa shape index (κ3) is 3.17. The lowest BCUT2D eigenvalue weighted by Gasteiger charge is -2.03. The Kier molecular flexibility index (Phi) is 4.41. The molecule has 0 aliphatic carbocycles. The van der Waals surface area contributed by atoms with Crippen LogP contribution in [0.5, 0.6) is 0 Å². The number of carbonyl (C=O) groups is 1. The molecule has 0 aliphatic rings. The van der Waals surface area contributed by atoms with Gasteiger partial charge in [-0.3, -0.25) is 10.1 Å². The summed E-state index contributed by atoms with van der Waals surface area (Å²) in [5.41, 5.74) is -0.362. The molecule has 0 radical (unpaired) electrons. The molecule has 0 fully saturated rings. The molecule has 2 rings (SSSR count). The first-order valence-electron chi connectivity index (χ1n) is 5.01. The number of carboxylic acid groups (broad SMARTS) is 1. The predicted octanol–water partition coefficient (Wildman–Crippen LogP) is 4.41. The van der Waals surface area contributed by atoms with Crippen LogP contribution in [-0.2, 0) is 0 Å². The molecule has 0 spiro atoms. The van der Waals surface area contributed by atoms with E-state index < -0.39 is 16.7 Å². The van der Waals surface area contributed by atoms with Crippen molar-refractivity contribution in [3.63, 3.8) is 0 Å². The van der Waals surface area contributed by atoms with Crippen LogP contribution in [0.25, 0.3) is 0 Å². The molecule has 104 valence electrons. The van der Waals surface area contributed by atoms with E-state index in [1.54, 1.807) is 5.38 Å². The second-order valence-corrected chi connectivity index (χ2v) is 6.43. The van der Waals surface area contributed by atoms with Gasteiger partial charge in [-0.25, -0.2) is 9.18 Å². The fourth-order valence-electron chi connectivity index (χ4n) is 1.35. The van der Waals surface area contributed by atoms with Crippen molar-refractivity contribution >= 4 is 50.7 Å². The summed E-state index contributed by atoms with van der Waals surface area (Å²) < 4.78 is 13.4. The number of benzene rings is 1. The van der Waals surface area contributed by atoms with Gasteiger partial charge >= 0.3 is 5.97 Å². The third-order valence-electron chi connectivity index (χ3n) is 2.21. The van der Waals surface area contributed by atoms with Crippen LogP contribution in [0, 0.1) is 15.9 Å². The number of aromatic carboxylic acids is 1. The van der Waals surface area contributed by atoms with Crippen LogP contribution in [0.2, 0.25) is 0 Å². The fourth-order valence-corrected chi connectivity index (χ4v) is 3.71. The Hall–Kier alpha value is -1.45. The van der Waals surface area contributed by atoms with Gasteiger partial charge in [-0.2, -0.15) is 0 Å². The lowest BCUT2D eigenvalue weighted by atomic mass is 10.3. The van der Waals surface area contributed by atoms with Crippen molar-refractivity contribution in [3.8, 4) is 0 Å². The molecule has 0 aliphatic heterocycles. The minimum atomic E-state index is -1.06. The van der Waals surface area contributed by atoms with Gasteiger partial charge in [-0.05, 0) is 28.1 Å². The Labute approximate surface area is 128 Å². The lowest BCUT2D eigenvalue weighted by molar-refractivity contribution is -0.387. The van der Waals surface area contributed by atoms with Gasteiger partial charge in [-0.15, -0.1) is 11.3 Å². The van der Waals surface area contributed by atoms with Gasteiger partial charge in [0.2, 0.25) is 0 Å². The highest BCUT2D eigenvalue weighted by Gasteiger charge is 2.19. The Morgan fingerprint density at radius 2 is 2.15 bits per heavy atom. The van der Waals surface area contributed by atoms with Crippen molar-refractivity contribution in [1.29, 1.82) is 0 Å². The number of nitrogens with zero attached hydrogens (tertiary/aromatic N) is 1. The van der Waals surface area contributed by atoms with Gasteiger partial charge in [0.25, 0.3) is 5.69 Å². The van der Waals surface area contributed by atoms with Crippen LogP contribution in [0.15, 0.2) is 37.8 Å². The van der Waals surface area contributed by atoms with Gasteiger partial charge in [0.1, 0.15) is 10.7 Å². The van der Waals surface area contributed by atoms with E-state index in [1.165, 1.54) is 12.1 Å². The average molecular weight is 378 g/mol. The predicted molar refractivity (Wildman–Crippen MR) is 76.2 cm³/mol. The molecule has 1 heterocycles. The van der Waals surface area contributed by atoms with Gasteiger partial charge in [0, 0.05) is 10.3 Å². The second kappa shape index (κ2) is 5.90. The SMILES string of the molecule is O=C(O)c1cc(Sc2cc(Br)c(F)cc2[N+](=O)[O-])cs1. The molecule has 1 aromatic carbocycles. The Balaban J connectivity index is 2.39. The van der Waals surface area contributed by atoms with E-state index in [-0.39, 0.29) is 19.9 Å². The van der Waals surface area contributed by atoms with Crippen LogP contribution < -0.4 is 0 Å². The molecule has 2 aromatic rings. The number of nitro benzene ring substituents is 1. The lowest BCUT2D eigenvalue weighted by Crippen LogP contribution is -1.93. The molecular formula is C11H5BrFNO4S2. The van der Waals surface area contributed by atoms with Crippen LogP contribution in [0.4, 0.5) is 10.1 Å².